The predicted molar refractivity (Wildman–Crippen MR) is 96.9 cm³/mol. The van der Waals surface area contributed by atoms with Crippen molar-refractivity contribution in [1.29, 1.82) is 0 Å². The number of methoxy groups -OCH3 is 1. The lowest BCUT2D eigenvalue weighted by Crippen LogP contribution is -2.04. The number of halogens is 1. The minimum atomic E-state index is -0.320. The molecule has 26 heavy (non-hydrogen) atoms. The highest BCUT2D eigenvalue weighted by Crippen LogP contribution is 2.21. The Balaban J connectivity index is 1.52. The minimum absolute atomic E-state index is 0.320. The van der Waals surface area contributed by atoms with E-state index in [1.54, 1.807) is 17.9 Å². The Morgan fingerprint density at radius 1 is 1.08 bits per heavy atom. The van der Waals surface area contributed by atoms with E-state index in [0.717, 1.165) is 17.1 Å². The Labute approximate surface area is 149 Å². The molecule has 2 aromatic heterocycles. The molecular weight excluding hydrogens is 333 g/mol. The van der Waals surface area contributed by atoms with Crippen LogP contribution in [0.4, 0.5) is 10.2 Å². The molecule has 0 unspecified atom stereocenters. The first-order valence-corrected chi connectivity index (χ1v) is 8.06. The average Bonchev–Trinajstić information content (AvgIpc) is 3.15. The van der Waals surface area contributed by atoms with Crippen LogP contribution in [0.3, 0.4) is 0 Å². The topological polar surface area (TPSA) is 64.9 Å². The van der Waals surface area contributed by atoms with Gasteiger partial charge in [0.2, 0.25) is 0 Å². The quantitative estimate of drug-likeness (QED) is 0.597. The number of rotatable bonds is 5. The van der Waals surface area contributed by atoms with E-state index in [2.05, 4.69) is 20.4 Å². The summed E-state index contributed by atoms with van der Waals surface area (Å²) in [6.45, 7) is 0.464. The van der Waals surface area contributed by atoms with Crippen molar-refractivity contribution < 1.29 is 9.13 Å². The second-order valence-electron chi connectivity index (χ2n) is 5.69. The smallest absolute Gasteiger partial charge is 0.137 e. The van der Waals surface area contributed by atoms with Crippen LogP contribution in [0.2, 0.25) is 0 Å². The number of nitrogens with one attached hydrogen (secondary N) is 1. The van der Waals surface area contributed by atoms with Crippen LogP contribution in [-0.2, 0) is 6.54 Å². The van der Waals surface area contributed by atoms with Gasteiger partial charge < -0.3 is 10.1 Å². The van der Waals surface area contributed by atoms with Gasteiger partial charge in [-0.2, -0.15) is 5.10 Å². The van der Waals surface area contributed by atoms with Crippen molar-refractivity contribution >= 4 is 16.7 Å². The molecule has 2 aromatic carbocycles. The molecule has 0 aliphatic rings. The first-order valence-electron chi connectivity index (χ1n) is 8.06. The summed E-state index contributed by atoms with van der Waals surface area (Å²) >= 11 is 0. The third-order valence-electron chi connectivity index (χ3n) is 4.02. The van der Waals surface area contributed by atoms with E-state index < -0.39 is 0 Å². The fourth-order valence-electron chi connectivity index (χ4n) is 2.68. The summed E-state index contributed by atoms with van der Waals surface area (Å²) in [4.78, 5) is 8.36. The summed E-state index contributed by atoms with van der Waals surface area (Å²) in [5, 5.41) is 8.39. The molecule has 6 nitrogen and oxygen atoms in total. The van der Waals surface area contributed by atoms with Gasteiger partial charge >= 0.3 is 0 Å². The van der Waals surface area contributed by atoms with Crippen LogP contribution in [0.15, 0.2) is 61.1 Å². The molecule has 0 aliphatic heterocycles. The van der Waals surface area contributed by atoms with Gasteiger partial charge in [-0.25, -0.2) is 19.0 Å². The number of ether oxygens (including phenoxy) is 1. The highest BCUT2D eigenvalue weighted by atomic mass is 19.1. The van der Waals surface area contributed by atoms with E-state index >= 15 is 0 Å². The summed E-state index contributed by atoms with van der Waals surface area (Å²) in [7, 11) is 1.63. The average molecular weight is 349 g/mol. The molecule has 0 bridgehead atoms. The van der Waals surface area contributed by atoms with Crippen molar-refractivity contribution in [2.24, 2.45) is 0 Å². The lowest BCUT2D eigenvalue weighted by Gasteiger charge is -2.07. The molecule has 2 heterocycles. The molecule has 0 atom stereocenters. The van der Waals surface area contributed by atoms with Gasteiger partial charge in [0.05, 0.1) is 30.6 Å². The fraction of sp³-hybridized carbons (Fsp3) is 0.105. The molecule has 0 saturated heterocycles. The second kappa shape index (κ2) is 6.79. The number of aromatic nitrogens is 4. The molecule has 130 valence electrons. The van der Waals surface area contributed by atoms with Crippen LogP contribution in [0.1, 0.15) is 5.69 Å². The first kappa shape index (κ1) is 16.0. The zero-order valence-electron chi connectivity index (χ0n) is 14.1. The summed E-state index contributed by atoms with van der Waals surface area (Å²) in [5.41, 5.74) is 2.46. The van der Waals surface area contributed by atoms with E-state index in [9.17, 15) is 4.39 Å². The SMILES string of the molecule is COc1ccc(-n2ccc(CNc3ncnc4ccc(F)cc34)n2)cc1. The van der Waals surface area contributed by atoms with Crippen molar-refractivity contribution in [3.63, 3.8) is 0 Å². The molecule has 0 amide bonds. The third-order valence-corrected chi connectivity index (χ3v) is 4.02. The number of benzene rings is 2. The molecule has 0 spiro atoms. The maximum absolute atomic E-state index is 13.5. The Hall–Kier alpha value is -3.48. The van der Waals surface area contributed by atoms with Crippen molar-refractivity contribution in [1.82, 2.24) is 19.7 Å². The molecule has 0 radical (unpaired) electrons. The van der Waals surface area contributed by atoms with Gasteiger partial charge in [0.15, 0.2) is 0 Å². The lowest BCUT2D eigenvalue weighted by atomic mass is 10.2. The van der Waals surface area contributed by atoms with E-state index in [1.807, 2.05) is 36.5 Å². The molecular formula is C19H16FN5O. The lowest BCUT2D eigenvalue weighted by molar-refractivity contribution is 0.414. The van der Waals surface area contributed by atoms with Crippen LogP contribution < -0.4 is 10.1 Å². The van der Waals surface area contributed by atoms with Crippen molar-refractivity contribution in [2.45, 2.75) is 6.54 Å². The minimum Gasteiger partial charge on any atom is -0.497 e. The van der Waals surface area contributed by atoms with Crippen LogP contribution in [0.25, 0.3) is 16.6 Å². The van der Waals surface area contributed by atoms with Crippen LogP contribution in [0.5, 0.6) is 5.75 Å². The Morgan fingerprint density at radius 2 is 1.92 bits per heavy atom. The largest absolute Gasteiger partial charge is 0.497 e. The third kappa shape index (κ3) is 3.19. The summed E-state index contributed by atoms with van der Waals surface area (Å²) in [5.74, 6) is 1.05. The van der Waals surface area contributed by atoms with E-state index in [-0.39, 0.29) is 5.82 Å². The van der Waals surface area contributed by atoms with E-state index in [1.165, 1.54) is 18.5 Å². The first-order chi connectivity index (χ1) is 12.7. The molecule has 1 N–H and O–H groups in total. The van der Waals surface area contributed by atoms with Crippen LogP contribution >= 0.6 is 0 Å². The highest BCUT2D eigenvalue weighted by molar-refractivity contribution is 5.88. The van der Waals surface area contributed by atoms with Gasteiger partial charge in [-0.3, -0.25) is 0 Å². The van der Waals surface area contributed by atoms with Crippen molar-refractivity contribution in [3.05, 3.63) is 72.6 Å². The zero-order valence-corrected chi connectivity index (χ0v) is 14.1. The maximum Gasteiger partial charge on any atom is 0.137 e. The number of fused-ring (bicyclic) bond motifs is 1. The summed E-state index contributed by atoms with van der Waals surface area (Å²) < 4.78 is 20.5. The number of hydrogen-bond donors (Lipinski definition) is 1. The monoisotopic (exact) mass is 349 g/mol. The predicted octanol–water partition coefficient (Wildman–Crippen LogP) is 3.58. The van der Waals surface area contributed by atoms with Crippen LogP contribution in [0, 0.1) is 5.82 Å². The summed E-state index contributed by atoms with van der Waals surface area (Å²) in [6, 6.07) is 14.0. The Kier molecular flexibility index (Phi) is 4.18. The van der Waals surface area contributed by atoms with Gasteiger partial charge in [0.25, 0.3) is 0 Å². The number of nitrogens with zero attached hydrogens (tertiary/aromatic N) is 4. The Bertz CT molecular complexity index is 1050. The van der Waals surface area contributed by atoms with E-state index in [4.69, 9.17) is 4.74 Å². The van der Waals surface area contributed by atoms with Gasteiger partial charge in [-0.15, -0.1) is 0 Å². The summed E-state index contributed by atoms with van der Waals surface area (Å²) in [6.07, 6.45) is 3.34. The van der Waals surface area contributed by atoms with Crippen molar-refractivity contribution in [2.75, 3.05) is 12.4 Å². The van der Waals surface area contributed by atoms with Gasteiger partial charge in [0, 0.05) is 11.6 Å². The molecule has 0 saturated carbocycles. The molecule has 0 aliphatic carbocycles. The number of hydrogen-bond acceptors (Lipinski definition) is 5. The fourth-order valence-corrected chi connectivity index (χ4v) is 2.68. The maximum atomic E-state index is 13.5. The molecule has 4 aromatic rings. The second-order valence-corrected chi connectivity index (χ2v) is 5.69. The van der Waals surface area contributed by atoms with Gasteiger partial charge in [-0.05, 0) is 48.5 Å². The van der Waals surface area contributed by atoms with E-state index in [0.29, 0.717) is 23.3 Å². The normalized spacial score (nSPS) is 10.8. The number of anilines is 1. The van der Waals surface area contributed by atoms with Crippen molar-refractivity contribution in [3.8, 4) is 11.4 Å². The molecule has 7 heteroatoms. The van der Waals surface area contributed by atoms with Gasteiger partial charge in [-0.1, -0.05) is 0 Å². The molecule has 0 fully saturated rings. The van der Waals surface area contributed by atoms with Crippen LogP contribution in [-0.4, -0.2) is 26.9 Å². The Morgan fingerprint density at radius 3 is 2.73 bits per heavy atom. The zero-order chi connectivity index (χ0) is 17.9. The standard InChI is InChI=1S/C19H16FN5O/c1-26-16-5-3-15(4-6-16)25-9-8-14(24-25)11-21-19-17-10-13(20)2-7-18(17)22-12-23-19/h2-10,12H,11H2,1H3,(H,21,22,23). The van der Waals surface area contributed by atoms with Gasteiger partial charge in [0.1, 0.15) is 23.7 Å². The highest BCUT2D eigenvalue weighted by Gasteiger charge is 2.07. The molecule has 4 rings (SSSR count).